The van der Waals surface area contributed by atoms with Crippen LogP contribution in [0.15, 0.2) is 30.3 Å². The topological polar surface area (TPSA) is 142 Å². The largest absolute Gasteiger partial charge is 0.480 e. The molecule has 2 aliphatic heterocycles. The third-order valence-corrected chi connectivity index (χ3v) is 7.84. The number of carbonyl (C=O) groups excluding carboxylic acids is 3. The van der Waals surface area contributed by atoms with Gasteiger partial charge in [0.1, 0.15) is 23.5 Å². The number of fused-ring (bicyclic) bond motifs is 1. The molecule has 0 bridgehead atoms. The smallest absolute Gasteiger partial charge is 0.327 e. The molecule has 1 aromatic rings. The van der Waals surface area contributed by atoms with Crippen molar-refractivity contribution in [2.75, 3.05) is 12.0 Å². The van der Waals surface area contributed by atoms with E-state index in [-0.39, 0.29) is 0 Å². The second-order valence-electron chi connectivity index (χ2n) is 8.32. The van der Waals surface area contributed by atoms with Crippen LogP contribution in [0.3, 0.4) is 0 Å². The van der Waals surface area contributed by atoms with Gasteiger partial charge in [0.15, 0.2) is 0 Å². The Labute approximate surface area is 195 Å². The fourth-order valence-electron chi connectivity index (χ4n) is 3.95. The average molecular weight is 481 g/mol. The summed E-state index contributed by atoms with van der Waals surface area (Å²) in [5, 5.41) is 14.5. The Morgan fingerprint density at radius 1 is 1.25 bits per heavy atom. The highest BCUT2D eigenvalue weighted by molar-refractivity contribution is 8.01. The summed E-state index contributed by atoms with van der Waals surface area (Å²) < 4.78 is -0.692. The van der Waals surface area contributed by atoms with E-state index in [1.165, 1.54) is 16.7 Å². The molecular weight excluding hydrogens is 452 g/mol. The van der Waals surface area contributed by atoms with E-state index in [0.717, 1.165) is 0 Å². The molecular formula is C21H28N4O5S2. The van der Waals surface area contributed by atoms with Crippen LogP contribution in [0, 0.1) is 0 Å². The van der Waals surface area contributed by atoms with Crippen molar-refractivity contribution in [3.05, 3.63) is 35.9 Å². The molecule has 9 nitrogen and oxygen atoms in total. The molecule has 1 aromatic carbocycles. The molecule has 0 aliphatic carbocycles. The number of nitrogens with one attached hydrogen (secondary N) is 2. The number of nitrogens with two attached hydrogens (primary N) is 1. The number of carbonyl (C=O) groups is 4. The number of carboxylic acid groups (broad SMARTS) is 1. The van der Waals surface area contributed by atoms with E-state index < -0.39 is 58.0 Å². The summed E-state index contributed by atoms with van der Waals surface area (Å²) in [6.45, 7) is 3.54. The van der Waals surface area contributed by atoms with Crippen LogP contribution in [0.25, 0.3) is 0 Å². The van der Waals surface area contributed by atoms with Gasteiger partial charge in [-0.2, -0.15) is 11.8 Å². The highest BCUT2D eigenvalue weighted by Gasteiger charge is 2.64. The van der Waals surface area contributed by atoms with Gasteiger partial charge in [0.25, 0.3) is 0 Å². The van der Waals surface area contributed by atoms with Crippen LogP contribution in [-0.4, -0.2) is 74.0 Å². The van der Waals surface area contributed by atoms with Crippen molar-refractivity contribution < 1.29 is 24.3 Å². The summed E-state index contributed by atoms with van der Waals surface area (Å²) in [6, 6.07) is 5.10. The maximum atomic E-state index is 13.2. The minimum atomic E-state index is -1.07. The Balaban J connectivity index is 1.75. The lowest BCUT2D eigenvalue weighted by molar-refractivity contribution is -0.161. The molecule has 3 rings (SSSR count). The molecule has 2 heterocycles. The first-order valence-corrected chi connectivity index (χ1v) is 12.5. The molecule has 32 heavy (non-hydrogen) atoms. The summed E-state index contributed by atoms with van der Waals surface area (Å²) in [7, 11) is 0. The molecule has 0 saturated carbocycles. The summed E-state index contributed by atoms with van der Waals surface area (Å²) in [5.74, 6) is -1.80. The van der Waals surface area contributed by atoms with Crippen molar-refractivity contribution in [1.82, 2.24) is 15.5 Å². The van der Waals surface area contributed by atoms with Crippen molar-refractivity contribution in [2.24, 2.45) is 5.73 Å². The first kappa shape index (κ1) is 24.4. The van der Waals surface area contributed by atoms with Crippen LogP contribution in [0.2, 0.25) is 0 Å². The average Bonchev–Trinajstić information content (AvgIpc) is 3.02. The number of hydrogen-bond donors (Lipinski definition) is 4. The maximum Gasteiger partial charge on any atom is 0.327 e. The van der Waals surface area contributed by atoms with Gasteiger partial charge >= 0.3 is 5.97 Å². The quantitative estimate of drug-likeness (QED) is 0.376. The number of rotatable bonds is 9. The fraction of sp³-hybridized carbons (Fsp3) is 0.524. The number of hydrogen-bond acceptors (Lipinski definition) is 7. The SMILES string of the molecule is CSCC[C@H](N)C(=O)NC(C(=O)N[C@@H]1C(=O)N2[C@@H]1SC(C)(C)[C@@H]2C(=O)O)c1ccccc1. The Morgan fingerprint density at radius 3 is 2.50 bits per heavy atom. The van der Waals surface area contributed by atoms with Crippen LogP contribution in [0.4, 0.5) is 0 Å². The van der Waals surface area contributed by atoms with Crippen LogP contribution in [-0.2, 0) is 19.2 Å². The predicted octanol–water partition coefficient (Wildman–Crippen LogP) is 0.556. The van der Waals surface area contributed by atoms with E-state index in [1.54, 1.807) is 55.9 Å². The van der Waals surface area contributed by atoms with Crippen LogP contribution < -0.4 is 16.4 Å². The Kier molecular flexibility index (Phi) is 7.41. The molecule has 2 fully saturated rings. The summed E-state index contributed by atoms with van der Waals surface area (Å²) >= 11 is 2.92. The van der Waals surface area contributed by atoms with E-state index >= 15 is 0 Å². The minimum absolute atomic E-state index is 0.441. The van der Waals surface area contributed by atoms with Gasteiger partial charge in [0, 0.05) is 4.75 Å². The standard InChI is InChI=1S/C21H28N4O5S2/c1-21(2)15(20(29)30)25-18(28)14(19(25)32-21)24-17(27)13(11-7-5-4-6-8-11)23-16(26)12(22)9-10-31-3/h4-8,12-15,19H,9-10,22H2,1-3H3,(H,23,26)(H,24,27)(H,29,30)/t12-,13?,14+,15-,19+/m0/s1. The monoisotopic (exact) mass is 480 g/mol. The molecule has 1 unspecified atom stereocenters. The highest BCUT2D eigenvalue weighted by atomic mass is 32.2. The van der Waals surface area contributed by atoms with Crippen LogP contribution >= 0.6 is 23.5 Å². The molecule has 174 valence electrons. The van der Waals surface area contributed by atoms with E-state index in [0.29, 0.717) is 17.7 Å². The lowest BCUT2D eigenvalue weighted by atomic mass is 9.95. The molecule has 5 N–H and O–H groups in total. The zero-order chi connectivity index (χ0) is 23.6. The second-order valence-corrected chi connectivity index (χ2v) is 11.1. The zero-order valence-electron chi connectivity index (χ0n) is 18.1. The molecule has 0 spiro atoms. The van der Waals surface area contributed by atoms with E-state index in [2.05, 4.69) is 10.6 Å². The van der Waals surface area contributed by atoms with Gasteiger partial charge < -0.3 is 26.4 Å². The van der Waals surface area contributed by atoms with Gasteiger partial charge in [0.2, 0.25) is 17.7 Å². The number of thioether (sulfide) groups is 2. The van der Waals surface area contributed by atoms with Gasteiger partial charge in [-0.1, -0.05) is 30.3 Å². The number of β-lactam (4-membered cyclic amide) rings is 1. The molecule has 5 atom stereocenters. The van der Waals surface area contributed by atoms with Crippen molar-refractivity contribution in [3.8, 4) is 0 Å². The molecule has 11 heteroatoms. The zero-order valence-corrected chi connectivity index (χ0v) is 19.7. The molecule has 2 aliphatic rings. The third-order valence-electron chi connectivity index (χ3n) is 5.62. The second kappa shape index (κ2) is 9.72. The molecule has 0 radical (unpaired) electrons. The van der Waals surface area contributed by atoms with Gasteiger partial charge in [-0.3, -0.25) is 14.4 Å². The Bertz CT molecular complexity index is 897. The fourth-order valence-corrected chi connectivity index (χ4v) is 6.07. The lowest BCUT2D eigenvalue weighted by Gasteiger charge is -2.44. The number of nitrogens with zero attached hydrogens (tertiary/aromatic N) is 1. The van der Waals surface area contributed by atoms with Crippen molar-refractivity contribution in [2.45, 2.75) is 54.6 Å². The normalized spacial score (nSPS) is 25.3. The van der Waals surface area contributed by atoms with Gasteiger partial charge in [-0.15, -0.1) is 11.8 Å². The van der Waals surface area contributed by atoms with E-state index in [4.69, 9.17) is 5.73 Å². The number of carboxylic acids is 1. The Hall–Kier alpha value is -2.24. The number of aliphatic carboxylic acids is 1. The molecule has 2 saturated heterocycles. The minimum Gasteiger partial charge on any atom is -0.480 e. The Morgan fingerprint density at radius 2 is 1.91 bits per heavy atom. The van der Waals surface area contributed by atoms with Gasteiger partial charge in [0.05, 0.1) is 6.04 Å². The van der Waals surface area contributed by atoms with Gasteiger partial charge in [-0.25, -0.2) is 4.79 Å². The lowest BCUT2D eigenvalue weighted by Crippen LogP contribution is -2.71. The van der Waals surface area contributed by atoms with E-state index in [1.807, 2.05) is 6.26 Å². The predicted molar refractivity (Wildman–Crippen MR) is 124 cm³/mol. The van der Waals surface area contributed by atoms with Crippen molar-refractivity contribution in [3.63, 3.8) is 0 Å². The molecule has 3 amide bonds. The highest BCUT2D eigenvalue weighted by Crippen LogP contribution is 2.50. The summed E-state index contributed by atoms with van der Waals surface area (Å²) in [4.78, 5) is 51.5. The first-order chi connectivity index (χ1) is 15.1. The maximum absolute atomic E-state index is 13.2. The summed E-state index contributed by atoms with van der Waals surface area (Å²) in [5.41, 5.74) is 6.51. The first-order valence-electron chi connectivity index (χ1n) is 10.2. The summed E-state index contributed by atoms with van der Waals surface area (Å²) in [6.07, 6.45) is 2.39. The number of benzene rings is 1. The van der Waals surface area contributed by atoms with Crippen molar-refractivity contribution in [1.29, 1.82) is 0 Å². The van der Waals surface area contributed by atoms with Crippen LogP contribution in [0.5, 0.6) is 0 Å². The van der Waals surface area contributed by atoms with Gasteiger partial charge in [-0.05, 0) is 37.8 Å². The molecule has 0 aromatic heterocycles. The van der Waals surface area contributed by atoms with Crippen molar-refractivity contribution >= 4 is 47.2 Å². The van der Waals surface area contributed by atoms with E-state index in [9.17, 15) is 24.3 Å². The number of amides is 3. The van der Waals surface area contributed by atoms with Crippen LogP contribution in [0.1, 0.15) is 31.9 Å². The third kappa shape index (κ3) is 4.74.